The lowest BCUT2D eigenvalue weighted by Crippen LogP contribution is -2.41. The number of rotatable bonds is 3. The van der Waals surface area contributed by atoms with Gasteiger partial charge in [0.2, 0.25) is 0 Å². The zero-order valence-electron chi connectivity index (χ0n) is 16.5. The van der Waals surface area contributed by atoms with Crippen LogP contribution in [0.25, 0.3) is 6.08 Å². The predicted octanol–water partition coefficient (Wildman–Crippen LogP) is 6.37. The number of halogens is 1. The Hall–Kier alpha value is -2.58. The molecule has 8 heteroatoms. The van der Waals surface area contributed by atoms with Crippen LogP contribution in [0.15, 0.2) is 87.5 Å². The molecular weight excluding hydrogens is 480 g/mol. The molecule has 0 bridgehead atoms. The van der Waals surface area contributed by atoms with E-state index in [1.807, 2.05) is 60.7 Å². The van der Waals surface area contributed by atoms with Crippen molar-refractivity contribution < 1.29 is 9.59 Å². The van der Waals surface area contributed by atoms with Gasteiger partial charge in [-0.15, -0.1) is 0 Å². The summed E-state index contributed by atoms with van der Waals surface area (Å²) in [4.78, 5) is 32.0. The van der Waals surface area contributed by atoms with Gasteiger partial charge in [-0.05, 0) is 42.0 Å². The number of benzene rings is 3. The van der Waals surface area contributed by atoms with Gasteiger partial charge >= 0.3 is 0 Å². The largest absolute Gasteiger partial charge is 0.283 e. The van der Waals surface area contributed by atoms with Crippen molar-refractivity contribution in [2.45, 2.75) is 9.79 Å². The molecular formula is C24H15ClN2O2S3. The molecule has 0 aromatic heterocycles. The molecule has 0 radical (unpaired) electrons. The Morgan fingerprint density at radius 2 is 1.66 bits per heavy atom. The van der Waals surface area contributed by atoms with Crippen LogP contribution in [0, 0.1) is 0 Å². The van der Waals surface area contributed by atoms with Gasteiger partial charge in [0.25, 0.3) is 11.8 Å². The summed E-state index contributed by atoms with van der Waals surface area (Å²) < 4.78 is 0.372. The van der Waals surface area contributed by atoms with Crippen LogP contribution in [0.4, 0.5) is 11.4 Å². The molecule has 0 spiro atoms. The van der Waals surface area contributed by atoms with Crippen molar-refractivity contribution in [2.24, 2.45) is 0 Å². The summed E-state index contributed by atoms with van der Waals surface area (Å²) in [6.07, 6.45) is 1.80. The van der Waals surface area contributed by atoms with Crippen LogP contribution in [0.2, 0.25) is 5.02 Å². The molecule has 2 aliphatic heterocycles. The number of para-hydroxylation sites is 1. The maximum atomic E-state index is 13.5. The molecule has 0 saturated carbocycles. The van der Waals surface area contributed by atoms with Gasteiger partial charge in [0, 0.05) is 14.8 Å². The summed E-state index contributed by atoms with van der Waals surface area (Å²) in [6.45, 7) is -0.151. The molecule has 3 aromatic carbocycles. The molecule has 0 unspecified atom stereocenters. The van der Waals surface area contributed by atoms with E-state index in [9.17, 15) is 9.59 Å². The van der Waals surface area contributed by atoms with Crippen molar-refractivity contribution in [3.8, 4) is 0 Å². The number of carbonyl (C=O) groups excluding carboxylic acids is 2. The smallest absolute Gasteiger partial charge is 0.266 e. The van der Waals surface area contributed by atoms with Crippen LogP contribution in [-0.2, 0) is 9.59 Å². The van der Waals surface area contributed by atoms with Crippen molar-refractivity contribution in [3.05, 3.63) is 88.3 Å². The van der Waals surface area contributed by atoms with Gasteiger partial charge < -0.3 is 0 Å². The number of fused-ring (bicyclic) bond motifs is 2. The number of carbonyl (C=O) groups is 2. The van der Waals surface area contributed by atoms with Gasteiger partial charge in [-0.2, -0.15) is 0 Å². The molecule has 1 saturated heterocycles. The number of anilines is 2. The highest BCUT2D eigenvalue weighted by Gasteiger charge is 2.36. The first kappa shape index (κ1) is 21.3. The van der Waals surface area contributed by atoms with Crippen molar-refractivity contribution in [2.75, 3.05) is 11.4 Å². The maximum absolute atomic E-state index is 13.5. The van der Waals surface area contributed by atoms with Crippen molar-refractivity contribution in [3.63, 3.8) is 0 Å². The Kier molecular flexibility index (Phi) is 5.82. The fraction of sp³-hybridized carbons (Fsp3) is 0.0417. The standard InChI is InChI=1S/C24H15ClN2O2S3/c25-16-10-11-20-18(13-16)27(17-8-4-5-9-19(17)31-20)22(28)14-26-23(29)21(32-24(26)30)12-15-6-2-1-3-7-15/h1-13H,14H2/b21-12+. The van der Waals surface area contributed by atoms with Gasteiger partial charge in [-0.25, -0.2) is 0 Å². The minimum Gasteiger partial charge on any atom is -0.283 e. The molecule has 0 aliphatic carbocycles. The van der Waals surface area contributed by atoms with Gasteiger partial charge in [-0.1, -0.05) is 89.8 Å². The van der Waals surface area contributed by atoms with E-state index in [4.69, 9.17) is 23.8 Å². The summed E-state index contributed by atoms with van der Waals surface area (Å²) in [5.41, 5.74) is 2.38. The van der Waals surface area contributed by atoms with E-state index < -0.39 is 0 Å². The molecule has 3 aromatic rings. The fourth-order valence-electron chi connectivity index (χ4n) is 3.54. The second-order valence-corrected chi connectivity index (χ2v) is 10.3. The Labute approximate surface area is 204 Å². The quantitative estimate of drug-likeness (QED) is 0.312. The number of thioether (sulfide) groups is 1. The maximum Gasteiger partial charge on any atom is 0.266 e. The highest BCUT2D eigenvalue weighted by atomic mass is 35.5. The third-order valence-corrected chi connectivity index (χ3v) is 7.74. The van der Waals surface area contributed by atoms with Crippen molar-refractivity contribution in [1.29, 1.82) is 0 Å². The summed E-state index contributed by atoms with van der Waals surface area (Å²) in [5.74, 6) is -0.512. The number of thiocarbonyl (C=S) groups is 1. The van der Waals surface area contributed by atoms with Crippen LogP contribution < -0.4 is 4.90 Å². The third-order valence-electron chi connectivity index (χ3n) is 5.00. The van der Waals surface area contributed by atoms with Crippen LogP contribution in [0.5, 0.6) is 0 Å². The van der Waals surface area contributed by atoms with Gasteiger partial charge in [0.15, 0.2) is 0 Å². The van der Waals surface area contributed by atoms with E-state index in [2.05, 4.69) is 0 Å². The minimum absolute atomic E-state index is 0.151. The monoisotopic (exact) mass is 494 g/mol. The molecule has 5 rings (SSSR count). The number of hydrogen-bond acceptors (Lipinski definition) is 5. The average molecular weight is 495 g/mol. The Morgan fingerprint density at radius 3 is 2.47 bits per heavy atom. The molecule has 0 atom stereocenters. The van der Waals surface area contributed by atoms with E-state index >= 15 is 0 Å². The van der Waals surface area contributed by atoms with Crippen LogP contribution in [0.3, 0.4) is 0 Å². The molecule has 32 heavy (non-hydrogen) atoms. The molecule has 2 amide bonds. The summed E-state index contributed by atoms with van der Waals surface area (Å²) in [5, 5.41) is 0.540. The number of hydrogen-bond donors (Lipinski definition) is 0. The molecule has 1 fully saturated rings. The highest BCUT2D eigenvalue weighted by molar-refractivity contribution is 8.26. The molecule has 2 heterocycles. The predicted molar refractivity (Wildman–Crippen MR) is 135 cm³/mol. The minimum atomic E-state index is -0.261. The van der Waals surface area contributed by atoms with E-state index in [-0.39, 0.29) is 18.4 Å². The topological polar surface area (TPSA) is 40.6 Å². The normalized spacial score (nSPS) is 16.3. The van der Waals surface area contributed by atoms with E-state index in [0.717, 1.165) is 21.0 Å². The van der Waals surface area contributed by atoms with Crippen molar-refractivity contribution in [1.82, 2.24) is 4.90 Å². The summed E-state index contributed by atoms with van der Waals surface area (Å²) in [7, 11) is 0. The van der Waals surface area contributed by atoms with Crippen LogP contribution >= 0.6 is 47.3 Å². The lowest BCUT2D eigenvalue weighted by molar-refractivity contribution is -0.127. The zero-order chi connectivity index (χ0) is 22.2. The van der Waals surface area contributed by atoms with E-state index in [0.29, 0.717) is 19.9 Å². The second kappa shape index (κ2) is 8.75. The molecule has 0 N–H and O–H groups in total. The molecule has 2 aliphatic rings. The first-order valence-electron chi connectivity index (χ1n) is 9.71. The van der Waals surface area contributed by atoms with Crippen LogP contribution in [-0.4, -0.2) is 27.6 Å². The third kappa shape index (κ3) is 3.97. The van der Waals surface area contributed by atoms with E-state index in [1.165, 1.54) is 16.7 Å². The summed E-state index contributed by atoms with van der Waals surface area (Å²) >= 11 is 14.5. The van der Waals surface area contributed by atoms with E-state index in [1.54, 1.807) is 34.9 Å². The SMILES string of the molecule is O=C1/C(=C\c2ccccc2)SC(=S)N1CC(=O)N1c2ccccc2Sc2ccc(Cl)cc21. The number of amides is 2. The van der Waals surface area contributed by atoms with Gasteiger partial charge in [-0.3, -0.25) is 19.4 Å². The second-order valence-electron chi connectivity index (χ2n) is 7.09. The van der Waals surface area contributed by atoms with Gasteiger partial charge in [0.05, 0.1) is 16.3 Å². The average Bonchev–Trinajstić information content (AvgIpc) is 3.05. The molecule has 4 nitrogen and oxygen atoms in total. The first-order valence-corrected chi connectivity index (χ1v) is 12.1. The zero-order valence-corrected chi connectivity index (χ0v) is 19.7. The van der Waals surface area contributed by atoms with Crippen LogP contribution in [0.1, 0.15) is 5.56 Å². The van der Waals surface area contributed by atoms with Gasteiger partial charge in [0.1, 0.15) is 10.9 Å². The fourth-order valence-corrected chi connectivity index (χ4v) is 6.00. The highest BCUT2D eigenvalue weighted by Crippen LogP contribution is 2.49. The lowest BCUT2D eigenvalue weighted by atomic mass is 10.2. The summed E-state index contributed by atoms with van der Waals surface area (Å²) in [6, 6.07) is 22.7. The Balaban J connectivity index is 1.46. The number of nitrogens with zero attached hydrogens (tertiary/aromatic N) is 2. The molecule has 158 valence electrons. The Bertz CT molecular complexity index is 1290. The van der Waals surface area contributed by atoms with Crippen molar-refractivity contribution >= 4 is 80.9 Å². The first-order chi connectivity index (χ1) is 15.5. The lowest BCUT2D eigenvalue weighted by Gasteiger charge is -2.32. The Morgan fingerprint density at radius 1 is 0.938 bits per heavy atom.